The summed E-state index contributed by atoms with van der Waals surface area (Å²) in [5.74, 6) is -0.847. The first kappa shape index (κ1) is 27.9. The SMILES string of the molecule is Cc1cc(-c2ccc(C[C@@H](C#N)NC(=O)[C@@H]3CN(C(=O)OC(C)(C)C)CCCO3)cc2)cc2c1oc(=O)n2C. The fraction of sp³-hybridized carbons (Fsp3) is 0.448. The number of nitrogens with zero attached hydrogens (tertiary/aromatic N) is 3. The quantitative estimate of drug-likeness (QED) is 0.529. The molecule has 2 heterocycles. The van der Waals surface area contributed by atoms with Gasteiger partial charge in [-0.15, -0.1) is 0 Å². The zero-order chi connectivity index (χ0) is 28.3. The molecular formula is C29H34N4O6. The molecular weight excluding hydrogens is 500 g/mol. The zero-order valence-electron chi connectivity index (χ0n) is 22.9. The van der Waals surface area contributed by atoms with Crippen LogP contribution in [0.2, 0.25) is 0 Å². The number of aromatic nitrogens is 1. The van der Waals surface area contributed by atoms with Gasteiger partial charge in [0.1, 0.15) is 11.6 Å². The average Bonchev–Trinajstić information content (AvgIpc) is 3.04. The molecule has 39 heavy (non-hydrogen) atoms. The van der Waals surface area contributed by atoms with Gasteiger partial charge >= 0.3 is 11.8 Å². The third-order valence-electron chi connectivity index (χ3n) is 6.50. The van der Waals surface area contributed by atoms with Crippen molar-refractivity contribution in [3.8, 4) is 17.2 Å². The van der Waals surface area contributed by atoms with Gasteiger partial charge in [0.15, 0.2) is 11.7 Å². The van der Waals surface area contributed by atoms with Gasteiger partial charge in [0.25, 0.3) is 5.91 Å². The van der Waals surface area contributed by atoms with E-state index < -0.39 is 35.5 Å². The van der Waals surface area contributed by atoms with Crippen LogP contribution >= 0.6 is 0 Å². The zero-order valence-corrected chi connectivity index (χ0v) is 22.9. The first-order valence-corrected chi connectivity index (χ1v) is 12.9. The lowest BCUT2D eigenvalue weighted by molar-refractivity contribution is -0.133. The van der Waals surface area contributed by atoms with E-state index in [1.54, 1.807) is 27.8 Å². The van der Waals surface area contributed by atoms with E-state index in [1.165, 1.54) is 9.47 Å². The van der Waals surface area contributed by atoms with Crippen LogP contribution in [0.1, 0.15) is 38.3 Å². The highest BCUT2D eigenvalue weighted by Crippen LogP contribution is 2.27. The maximum atomic E-state index is 13.0. The van der Waals surface area contributed by atoms with Crippen LogP contribution in [0.3, 0.4) is 0 Å². The second kappa shape index (κ2) is 11.3. The monoisotopic (exact) mass is 534 g/mol. The summed E-state index contributed by atoms with van der Waals surface area (Å²) in [6, 6.07) is 13.0. The molecule has 0 saturated carbocycles. The molecule has 4 rings (SSSR count). The number of hydrogen-bond donors (Lipinski definition) is 1. The number of carbonyl (C=O) groups excluding carboxylic acids is 2. The molecule has 0 unspecified atom stereocenters. The summed E-state index contributed by atoms with van der Waals surface area (Å²) in [6.45, 7) is 8.07. The lowest BCUT2D eigenvalue weighted by Gasteiger charge is -2.27. The number of hydrogen-bond acceptors (Lipinski definition) is 7. The molecule has 1 saturated heterocycles. The van der Waals surface area contributed by atoms with Crippen molar-refractivity contribution >= 4 is 23.1 Å². The van der Waals surface area contributed by atoms with E-state index in [1.807, 2.05) is 43.3 Å². The fourth-order valence-electron chi connectivity index (χ4n) is 4.50. The Bertz CT molecular complexity index is 1460. The molecule has 10 nitrogen and oxygen atoms in total. The third kappa shape index (κ3) is 6.67. The number of carbonyl (C=O) groups is 2. The molecule has 0 spiro atoms. The Morgan fingerprint density at radius 3 is 2.59 bits per heavy atom. The maximum absolute atomic E-state index is 13.0. The van der Waals surface area contributed by atoms with Gasteiger partial charge in [0.05, 0.1) is 18.1 Å². The Hall–Kier alpha value is -4.10. The van der Waals surface area contributed by atoms with Gasteiger partial charge in [-0.1, -0.05) is 24.3 Å². The molecule has 1 aliphatic heterocycles. The van der Waals surface area contributed by atoms with Crippen LogP contribution in [0.4, 0.5) is 4.79 Å². The van der Waals surface area contributed by atoms with E-state index in [-0.39, 0.29) is 6.54 Å². The molecule has 206 valence electrons. The molecule has 3 aromatic rings. The van der Waals surface area contributed by atoms with Gasteiger partial charge in [-0.05, 0) is 68.5 Å². The van der Waals surface area contributed by atoms with Crippen molar-refractivity contribution in [2.45, 2.75) is 58.3 Å². The summed E-state index contributed by atoms with van der Waals surface area (Å²) in [6.07, 6.45) is -0.498. The van der Waals surface area contributed by atoms with E-state index in [0.29, 0.717) is 31.6 Å². The molecule has 0 bridgehead atoms. The number of amides is 2. The number of nitrogens with one attached hydrogen (secondary N) is 1. The number of nitriles is 1. The molecule has 2 atom stereocenters. The molecule has 1 aromatic heterocycles. The van der Waals surface area contributed by atoms with Gasteiger partial charge in [0.2, 0.25) is 0 Å². The predicted octanol–water partition coefficient (Wildman–Crippen LogP) is 3.68. The van der Waals surface area contributed by atoms with Crippen LogP contribution in [-0.4, -0.2) is 58.9 Å². The number of rotatable bonds is 5. The van der Waals surface area contributed by atoms with Crippen molar-refractivity contribution in [1.29, 1.82) is 5.26 Å². The first-order valence-electron chi connectivity index (χ1n) is 12.9. The van der Waals surface area contributed by atoms with Gasteiger partial charge in [-0.3, -0.25) is 9.36 Å². The van der Waals surface area contributed by atoms with Crippen molar-refractivity contribution in [3.63, 3.8) is 0 Å². The standard InChI is InChI=1S/C29H34N4O6/c1-18-13-21(15-23-25(18)38-27(35)32(23)5)20-9-7-19(8-10-20)14-22(16-30)31-26(34)24-17-33(11-6-12-37-24)28(36)39-29(2,3)4/h7-10,13,15,22,24H,6,11-12,14,17H2,1-5H3,(H,31,34)/t22-,24-/m0/s1. The minimum atomic E-state index is -0.893. The number of ether oxygens (including phenoxy) is 2. The molecule has 1 fully saturated rings. The predicted molar refractivity (Wildman–Crippen MR) is 145 cm³/mol. The molecule has 10 heteroatoms. The number of oxazole rings is 1. The Morgan fingerprint density at radius 2 is 1.92 bits per heavy atom. The molecule has 0 radical (unpaired) electrons. The van der Waals surface area contributed by atoms with Crippen molar-refractivity contribution < 1.29 is 23.5 Å². The average molecular weight is 535 g/mol. The number of aryl methyl sites for hydroxylation is 2. The van der Waals surface area contributed by atoms with Crippen LogP contribution < -0.4 is 11.1 Å². The van der Waals surface area contributed by atoms with E-state index in [9.17, 15) is 19.6 Å². The topological polar surface area (TPSA) is 127 Å². The lowest BCUT2D eigenvalue weighted by atomic mass is 9.99. The number of fused-ring (bicyclic) bond motifs is 1. The second-order valence-electron chi connectivity index (χ2n) is 10.8. The highest BCUT2D eigenvalue weighted by molar-refractivity contribution is 5.84. The smallest absolute Gasteiger partial charge is 0.419 e. The van der Waals surface area contributed by atoms with Crippen LogP contribution in [0.25, 0.3) is 22.2 Å². The van der Waals surface area contributed by atoms with Gasteiger partial charge < -0.3 is 24.1 Å². The van der Waals surface area contributed by atoms with Gasteiger partial charge in [0, 0.05) is 26.6 Å². The van der Waals surface area contributed by atoms with Crippen molar-refractivity contribution in [2.24, 2.45) is 7.05 Å². The summed E-state index contributed by atoms with van der Waals surface area (Å²) in [7, 11) is 1.67. The first-order chi connectivity index (χ1) is 18.4. The largest absolute Gasteiger partial charge is 0.444 e. The van der Waals surface area contributed by atoms with Crippen LogP contribution in [0, 0.1) is 18.3 Å². The number of benzene rings is 2. The normalized spacial score (nSPS) is 16.8. The summed E-state index contributed by atoms with van der Waals surface area (Å²) < 4.78 is 17.9. The highest BCUT2D eigenvalue weighted by Gasteiger charge is 2.31. The minimum absolute atomic E-state index is 0.0552. The highest BCUT2D eigenvalue weighted by atomic mass is 16.6. The van der Waals surface area contributed by atoms with E-state index in [4.69, 9.17) is 13.9 Å². The van der Waals surface area contributed by atoms with Crippen molar-refractivity contribution in [3.05, 3.63) is 58.1 Å². The molecule has 0 aliphatic carbocycles. The third-order valence-corrected chi connectivity index (χ3v) is 6.50. The molecule has 2 aromatic carbocycles. The van der Waals surface area contributed by atoms with Crippen molar-refractivity contribution in [2.75, 3.05) is 19.7 Å². The van der Waals surface area contributed by atoms with Crippen LogP contribution in [-0.2, 0) is 27.7 Å². The molecule has 2 amide bonds. The fourth-order valence-corrected chi connectivity index (χ4v) is 4.50. The van der Waals surface area contributed by atoms with Gasteiger partial charge in [-0.2, -0.15) is 5.26 Å². The van der Waals surface area contributed by atoms with Crippen LogP contribution in [0.15, 0.2) is 45.6 Å². The molecule has 1 aliphatic rings. The summed E-state index contributed by atoms with van der Waals surface area (Å²) >= 11 is 0. The minimum Gasteiger partial charge on any atom is -0.444 e. The molecule has 1 N–H and O–H groups in total. The van der Waals surface area contributed by atoms with Crippen molar-refractivity contribution in [1.82, 2.24) is 14.8 Å². The summed E-state index contributed by atoms with van der Waals surface area (Å²) in [5.41, 5.74) is 4.27. The van der Waals surface area contributed by atoms with Crippen LogP contribution in [0.5, 0.6) is 0 Å². The Morgan fingerprint density at radius 1 is 1.21 bits per heavy atom. The summed E-state index contributed by atoms with van der Waals surface area (Å²) in [4.78, 5) is 38.9. The van der Waals surface area contributed by atoms with E-state index >= 15 is 0 Å². The van der Waals surface area contributed by atoms with E-state index in [0.717, 1.165) is 27.8 Å². The second-order valence-corrected chi connectivity index (χ2v) is 10.8. The summed E-state index contributed by atoms with van der Waals surface area (Å²) in [5, 5.41) is 12.5. The Labute approximate surface area is 227 Å². The Balaban J connectivity index is 1.41. The van der Waals surface area contributed by atoms with E-state index in [2.05, 4.69) is 11.4 Å². The maximum Gasteiger partial charge on any atom is 0.419 e. The lowest BCUT2D eigenvalue weighted by Crippen LogP contribution is -2.48. The Kier molecular flexibility index (Phi) is 8.11. The van der Waals surface area contributed by atoms with Gasteiger partial charge in [-0.25, -0.2) is 9.59 Å².